The van der Waals surface area contributed by atoms with Crippen molar-refractivity contribution in [1.82, 2.24) is 30.3 Å². The van der Waals surface area contributed by atoms with Crippen LogP contribution in [0.2, 0.25) is 0 Å². The zero-order valence-corrected chi connectivity index (χ0v) is 20.8. The molecule has 9 nitrogen and oxygen atoms in total. The predicted octanol–water partition coefficient (Wildman–Crippen LogP) is 2.27. The molecule has 2 N–H and O–H groups in total. The summed E-state index contributed by atoms with van der Waals surface area (Å²) in [6.07, 6.45) is 3.22. The molecule has 1 aromatic heterocycles. The van der Waals surface area contributed by atoms with Gasteiger partial charge < -0.3 is 20.3 Å². The van der Waals surface area contributed by atoms with Crippen molar-refractivity contribution in [1.29, 1.82) is 0 Å². The number of amides is 1. The smallest absolute Gasteiger partial charge is 0.410 e. The SMILES string of the molecule is CCNC(=NCC(C)CN(C)C(=O)OC(C)(C)C)NC1CCc2ncnn2C1.I. The monoisotopic (exact) mass is 521 g/mol. The number of nitrogens with one attached hydrogen (secondary N) is 2. The molecule has 0 aliphatic carbocycles. The van der Waals surface area contributed by atoms with E-state index in [-0.39, 0.29) is 42.0 Å². The Kier molecular flexibility index (Phi) is 10.1. The number of fused-ring (bicyclic) bond motifs is 1. The number of nitrogens with zero attached hydrogens (tertiary/aromatic N) is 5. The third kappa shape index (κ3) is 8.75. The molecule has 0 radical (unpaired) electrons. The number of guanidine groups is 1. The normalized spacial score (nSPS) is 17.6. The molecule has 2 heterocycles. The molecule has 10 heteroatoms. The van der Waals surface area contributed by atoms with Gasteiger partial charge in [-0.05, 0) is 40.0 Å². The van der Waals surface area contributed by atoms with Gasteiger partial charge in [-0.25, -0.2) is 14.5 Å². The van der Waals surface area contributed by atoms with E-state index in [1.165, 1.54) is 0 Å². The van der Waals surface area contributed by atoms with Crippen molar-refractivity contribution < 1.29 is 9.53 Å². The minimum absolute atomic E-state index is 0. The van der Waals surface area contributed by atoms with Crippen LogP contribution in [0.3, 0.4) is 0 Å². The summed E-state index contributed by atoms with van der Waals surface area (Å²) < 4.78 is 7.35. The quantitative estimate of drug-likeness (QED) is 0.339. The Morgan fingerprint density at radius 3 is 2.86 bits per heavy atom. The first kappa shape index (κ1) is 25.4. The lowest BCUT2D eigenvalue weighted by atomic mass is 10.1. The fourth-order valence-corrected chi connectivity index (χ4v) is 3.06. The zero-order chi connectivity index (χ0) is 20.7. The standard InChI is InChI=1S/C19H35N7O2.HI/c1-7-20-17(24-15-8-9-16-22-13-23-26(16)12-15)21-10-14(2)11-25(6)18(27)28-19(3,4)5;/h13-15H,7-12H2,1-6H3,(H2,20,21,24);1H. The van der Waals surface area contributed by atoms with Gasteiger partial charge in [0.25, 0.3) is 0 Å². The van der Waals surface area contributed by atoms with Gasteiger partial charge in [0.15, 0.2) is 5.96 Å². The lowest BCUT2D eigenvalue weighted by Gasteiger charge is -2.27. The predicted molar refractivity (Wildman–Crippen MR) is 125 cm³/mol. The highest BCUT2D eigenvalue weighted by atomic mass is 127. The number of hydrogen-bond donors (Lipinski definition) is 2. The van der Waals surface area contributed by atoms with Crippen molar-refractivity contribution in [3.63, 3.8) is 0 Å². The van der Waals surface area contributed by atoms with E-state index in [2.05, 4.69) is 27.6 Å². The topological polar surface area (TPSA) is 96.7 Å². The van der Waals surface area contributed by atoms with Crippen molar-refractivity contribution in [2.24, 2.45) is 10.9 Å². The molecule has 1 aromatic rings. The Labute approximate surface area is 191 Å². The molecule has 1 aliphatic rings. The molecule has 0 bridgehead atoms. The van der Waals surface area contributed by atoms with E-state index in [9.17, 15) is 4.79 Å². The van der Waals surface area contributed by atoms with Gasteiger partial charge in [0.1, 0.15) is 17.8 Å². The number of hydrogen-bond acceptors (Lipinski definition) is 5. The van der Waals surface area contributed by atoms with Crippen molar-refractivity contribution in [3.8, 4) is 0 Å². The molecular weight excluding hydrogens is 485 g/mol. The summed E-state index contributed by atoms with van der Waals surface area (Å²) >= 11 is 0. The Morgan fingerprint density at radius 1 is 1.48 bits per heavy atom. The Morgan fingerprint density at radius 2 is 2.21 bits per heavy atom. The third-order valence-corrected chi connectivity index (χ3v) is 4.34. The Balaban J connectivity index is 0.00000420. The number of aryl methyl sites for hydroxylation is 1. The van der Waals surface area contributed by atoms with Gasteiger partial charge >= 0.3 is 6.09 Å². The average molecular weight is 521 g/mol. The summed E-state index contributed by atoms with van der Waals surface area (Å²) in [5, 5.41) is 11.1. The maximum atomic E-state index is 12.1. The van der Waals surface area contributed by atoms with E-state index < -0.39 is 5.60 Å². The summed E-state index contributed by atoms with van der Waals surface area (Å²) in [6.45, 7) is 12.5. The zero-order valence-electron chi connectivity index (χ0n) is 18.4. The highest BCUT2D eigenvalue weighted by Gasteiger charge is 2.22. The lowest BCUT2D eigenvalue weighted by Crippen LogP contribution is -2.47. The molecule has 1 amide bonds. The second-order valence-corrected chi connectivity index (χ2v) is 8.42. The lowest BCUT2D eigenvalue weighted by molar-refractivity contribution is 0.0279. The van der Waals surface area contributed by atoms with Crippen LogP contribution in [0, 0.1) is 5.92 Å². The maximum Gasteiger partial charge on any atom is 0.410 e. The van der Waals surface area contributed by atoms with Crippen LogP contribution in [-0.2, 0) is 17.7 Å². The number of aliphatic imine (C=N–C) groups is 1. The van der Waals surface area contributed by atoms with E-state index in [4.69, 9.17) is 9.73 Å². The highest BCUT2D eigenvalue weighted by Crippen LogP contribution is 2.12. The van der Waals surface area contributed by atoms with E-state index in [0.29, 0.717) is 13.1 Å². The van der Waals surface area contributed by atoms with E-state index in [0.717, 1.165) is 37.7 Å². The van der Waals surface area contributed by atoms with E-state index in [1.807, 2.05) is 32.4 Å². The molecule has 29 heavy (non-hydrogen) atoms. The van der Waals surface area contributed by atoms with Crippen molar-refractivity contribution in [2.75, 3.05) is 26.7 Å². The van der Waals surface area contributed by atoms with Crippen LogP contribution < -0.4 is 10.6 Å². The van der Waals surface area contributed by atoms with Gasteiger partial charge in [0, 0.05) is 39.1 Å². The fraction of sp³-hybridized carbons (Fsp3) is 0.789. The number of halogens is 1. The Hall–Kier alpha value is -1.59. The first-order valence-electron chi connectivity index (χ1n) is 10.0. The molecule has 0 aromatic carbocycles. The molecule has 0 saturated carbocycles. The number of ether oxygens (including phenoxy) is 1. The maximum absolute atomic E-state index is 12.1. The third-order valence-electron chi connectivity index (χ3n) is 4.34. The number of carbonyl (C=O) groups excluding carboxylic acids is 1. The van der Waals surface area contributed by atoms with Crippen molar-refractivity contribution >= 4 is 36.0 Å². The number of rotatable bonds is 6. The van der Waals surface area contributed by atoms with Crippen LogP contribution in [0.25, 0.3) is 0 Å². The van der Waals surface area contributed by atoms with Crippen LogP contribution in [0.15, 0.2) is 11.3 Å². The highest BCUT2D eigenvalue weighted by molar-refractivity contribution is 14.0. The first-order chi connectivity index (χ1) is 13.2. The molecule has 0 saturated heterocycles. The number of carbonyl (C=O) groups is 1. The molecule has 0 spiro atoms. The molecule has 2 unspecified atom stereocenters. The summed E-state index contributed by atoms with van der Waals surface area (Å²) in [5.74, 6) is 2.04. The van der Waals surface area contributed by atoms with Gasteiger partial charge in [-0.1, -0.05) is 6.92 Å². The average Bonchev–Trinajstić information content (AvgIpc) is 3.06. The molecular formula is C19H36IN7O2. The van der Waals surface area contributed by atoms with Crippen LogP contribution >= 0.6 is 24.0 Å². The molecule has 166 valence electrons. The van der Waals surface area contributed by atoms with Crippen LogP contribution in [-0.4, -0.2) is 70.0 Å². The Bertz CT molecular complexity index is 672. The summed E-state index contributed by atoms with van der Waals surface area (Å²) in [7, 11) is 1.76. The minimum atomic E-state index is -0.487. The van der Waals surface area contributed by atoms with Gasteiger partial charge in [-0.2, -0.15) is 5.10 Å². The summed E-state index contributed by atoms with van der Waals surface area (Å²) in [5.41, 5.74) is -0.487. The molecule has 0 fully saturated rings. The van der Waals surface area contributed by atoms with Crippen LogP contribution in [0.1, 0.15) is 46.9 Å². The molecule has 2 rings (SSSR count). The van der Waals surface area contributed by atoms with Crippen LogP contribution in [0.5, 0.6) is 0 Å². The second-order valence-electron chi connectivity index (χ2n) is 8.42. The van der Waals surface area contributed by atoms with Crippen molar-refractivity contribution in [2.45, 2.75) is 65.6 Å². The minimum Gasteiger partial charge on any atom is -0.444 e. The second kappa shape index (κ2) is 11.6. The van der Waals surface area contributed by atoms with E-state index >= 15 is 0 Å². The molecule has 2 atom stereocenters. The number of aromatic nitrogens is 3. The van der Waals surface area contributed by atoms with Gasteiger partial charge in [0.05, 0.1) is 6.54 Å². The fourth-order valence-electron chi connectivity index (χ4n) is 3.06. The first-order valence-corrected chi connectivity index (χ1v) is 10.0. The van der Waals surface area contributed by atoms with E-state index in [1.54, 1.807) is 18.3 Å². The van der Waals surface area contributed by atoms with Gasteiger partial charge in [-0.15, -0.1) is 24.0 Å². The summed E-state index contributed by atoms with van der Waals surface area (Å²) in [6, 6.07) is 0.270. The van der Waals surface area contributed by atoms with Gasteiger partial charge in [-0.3, -0.25) is 4.99 Å². The molecule has 1 aliphatic heterocycles. The summed E-state index contributed by atoms with van der Waals surface area (Å²) in [4.78, 5) is 22.7. The largest absolute Gasteiger partial charge is 0.444 e. The van der Waals surface area contributed by atoms with Gasteiger partial charge in [0.2, 0.25) is 0 Å². The van der Waals surface area contributed by atoms with Crippen LogP contribution in [0.4, 0.5) is 4.79 Å². The van der Waals surface area contributed by atoms with Crippen molar-refractivity contribution in [3.05, 3.63) is 12.2 Å².